The molecule has 2 aliphatic heterocycles. The first kappa shape index (κ1) is 41.0. The Balaban J connectivity index is 1.43. The summed E-state index contributed by atoms with van der Waals surface area (Å²) in [7, 11) is -2.60. The Morgan fingerprint density at radius 1 is 1.11 bits per heavy atom. The number of halogens is 3. The van der Waals surface area contributed by atoms with Crippen LogP contribution in [0.15, 0.2) is 42.5 Å². The molecule has 1 saturated heterocycles. The van der Waals surface area contributed by atoms with Crippen molar-refractivity contribution in [3.05, 3.63) is 42.5 Å². The normalized spacial score (nSPS) is 29.0. The number of sulfonamides is 1. The van der Waals surface area contributed by atoms with Gasteiger partial charge in [-0.2, -0.15) is 18.2 Å². The Morgan fingerprint density at radius 2 is 1.80 bits per heavy atom. The molecule has 2 aliphatic carbocycles. The predicted molar refractivity (Wildman–Crippen MR) is 197 cm³/mol. The lowest BCUT2D eigenvalue weighted by molar-refractivity contribution is -0.222. The van der Waals surface area contributed by atoms with Crippen LogP contribution in [0.4, 0.5) is 18.0 Å². The molecule has 0 unspecified atom stereocenters. The number of hydrogen-bond donors (Lipinski definition) is 3. The zero-order valence-corrected chi connectivity index (χ0v) is 32.7. The first-order chi connectivity index (χ1) is 26.2. The van der Waals surface area contributed by atoms with Crippen LogP contribution in [0, 0.1) is 17.8 Å². The van der Waals surface area contributed by atoms with Gasteiger partial charge >= 0.3 is 12.3 Å². The number of pyridine rings is 1. The first-order valence-corrected chi connectivity index (χ1v) is 20.3. The summed E-state index contributed by atoms with van der Waals surface area (Å²) in [5, 5.41) is 13.7. The van der Waals surface area contributed by atoms with Crippen LogP contribution in [-0.2, 0) is 24.4 Å². The molecule has 1 aromatic carbocycles. The highest BCUT2D eigenvalue weighted by Crippen LogP contribution is 2.47. The third-order valence-electron chi connectivity index (χ3n) is 11.5. The van der Waals surface area contributed by atoms with E-state index in [0.29, 0.717) is 50.3 Å². The fraction of sp³-hybridized carbons (Fsp3) is 0.605. The van der Waals surface area contributed by atoms with E-state index in [1.807, 2.05) is 6.92 Å². The van der Waals surface area contributed by atoms with Gasteiger partial charge in [-0.15, -0.1) is 0 Å². The third kappa shape index (κ3) is 7.98. The number of methoxy groups -OCH3 is 1. The fourth-order valence-corrected chi connectivity index (χ4v) is 9.34. The van der Waals surface area contributed by atoms with Crippen molar-refractivity contribution in [2.45, 2.75) is 113 Å². The van der Waals surface area contributed by atoms with Crippen LogP contribution < -0.4 is 19.5 Å². The quantitative estimate of drug-likeness (QED) is 0.314. The number of rotatable bonds is 8. The molecule has 3 N–H and O–H groups in total. The maximum atomic E-state index is 14.9. The number of benzene rings is 1. The molecule has 3 heterocycles. The van der Waals surface area contributed by atoms with Gasteiger partial charge in [-0.1, -0.05) is 44.2 Å². The van der Waals surface area contributed by atoms with Gasteiger partial charge in [-0.05, 0) is 75.7 Å². The van der Waals surface area contributed by atoms with Crippen LogP contribution in [0.5, 0.6) is 11.8 Å². The van der Waals surface area contributed by atoms with Crippen molar-refractivity contribution in [3.63, 3.8) is 0 Å². The molecule has 2 aromatic rings. The van der Waals surface area contributed by atoms with Crippen molar-refractivity contribution in [1.82, 2.24) is 24.8 Å². The molecule has 0 bridgehead atoms. The molecular formula is C38H48F3N5O9S. The third-order valence-corrected chi connectivity index (χ3v) is 13.3. The zero-order chi connectivity index (χ0) is 41.0. The van der Waals surface area contributed by atoms with E-state index in [4.69, 9.17) is 9.47 Å². The van der Waals surface area contributed by atoms with Gasteiger partial charge in [0, 0.05) is 23.8 Å². The smallest absolute Gasteiger partial charge is 0.411 e. The average Bonchev–Trinajstić information content (AvgIpc) is 4.04. The van der Waals surface area contributed by atoms with Gasteiger partial charge in [-0.25, -0.2) is 13.2 Å². The fourth-order valence-electron chi connectivity index (χ4n) is 7.98. The van der Waals surface area contributed by atoms with E-state index in [9.17, 15) is 45.9 Å². The van der Waals surface area contributed by atoms with E-state index in [-0.39, 0.29) is 48.4 Å². The van der Waals surface area contributed by atoms with Gasteiger partial charge in [0.05, 0.1) is 18.9 Å². The van der Waals surface area contributed by atoms with Crippen LogP contribution in [0.2, 0.25) is 0 Å². The second-order valence-corrected chi connectivity index (χ2v) is 18.1. The second kappa shape index (κ2) is 15.0. The molecule has 2 saturated carbocycles. The van der Waals surface area contributed by atoms with Crippen LogP contribution in [0.3, 0.4) is 0 Å². The average molecular weight is 808 g/mol. The Bertz CT molecular complexity index is 2020. The van der Waals surface area contributed by atoms with Crippen LogP contribution in [0.25, 0.3) is 10.8 Å². The molecular weight excluding hydrogens is 760 g/mol. The Morgan fingerprint density at radius 3 is 2.45 bits per heavy atom. The van der Waals surface area contributed by atoms with Crippen molar-refractivity contribution in [2.75, 3.05) is 13.7 Å². The SMILES string of the molecule is COc1cc2ccccc2c(O[C@@H]2C[C@H]3C(=O)N[C@]4(C(=O)NS(=O)(=O)C5CC5)C[C@H]4C=CCC[C@@H](C)C[C@@H](C)[C@H](N(C(=O)O)C(C)(C)C(F)(F)F)C(=O)N3C2)n1. The molecule has 7 atom stereocenters. The number of carbonyl (C=O) groups is 4. The van der Waals surface area contributed by atoms with Crippen molar-refractivity contribution >= 4 is 44.6 Å². The van der Waals surface area contributed by atoms with Crippen LogP contribution in [0.1, 0.15) is 72.6 Å². The largest absolute Gasteiger partial charge is 0.481 e. The molecule has 1 aromatic heterocycles. The monoisotopic (exact) mass is 807 g/mol. The Labute approximate surface area is 323 Å². The van der Waals surface area contributed by atoms with Gasteiger partial charge < -0.3 is 24.8 Å². The van der Waals surface area contributed by atoms with Crippen LogP contribution >= 0.6 is 0 Å². The predicted octanol–water partition coefficient (Wildman–Crippen LogP) is 4.78. The molecule has 3 fully saturated rings. The molecule has 0 spiro atoms. The highest BCUT2D eigenvalue weighted by molar-refractivity contribution is 7.91. The molecule has 4 aliphatic rings. The number of carboxylic acid groups (broad SMARTS) is 1. The molecule has 6 rings (SSSR count). The number of aromatic nitrogens is 1. The minimum Gasteiger partial charge on any atom is -0.481 e. The van der Waals surface area contributed by atoms with Crippen molar-refractivity contribution in [2.24, 2.45) is 17.8 Å². The number of ether oxygens (including phenoxy) is 2. The van der Waals surface area contributed by atoms with Gasteiger partial charge in [0.2, 0.25) is 33.6 Å². The van der Waals surface area contributed by atoms with Crippen molar-refractivity contribution < 1.29 is 55.3 Å². The van der Waals surface area contributed by atoms with Gasteiger partial charge in [0.25, 0.3) is 5.91 Å². The van der Waals surface area contributed by atoms with E-state index in [1.165, 1.54) is 14.0 Å². The van der Waals surface area contributed by atoms with E-state index in [1.54, 1.807) is 42.5 Å². The number of amides is 4. The summed E-state index contributed by atoms with van der Waals surface area (Å²) < 4.78 is 83.5. The summed E-state index contributed by atoms with van der Waals surface area (Å²) in [6, 6.07) is 5.40. The summed E-state index contributed by atoms with van der Waals surface area (Å²) in [5.41, 5.74) is -4.73. The van der Waals surface area contributed by atoms with E-state index in [0.717, 1.165) is 4.90 Å². The molecule has 0 radical (unpaired) electrons. The number of hydrogen-bond acceptors (Lipinski definition) is 9. The summed E-state index contributed by atoms with van der Waals surface area (Å²) in [6.45, 7) is 4.39. The minimum absolute atomic E-state index is 0.0589. The van der Waals surface area contributed by atoms with Gasteiger partial charge in [0.1, 0.15) is 29.3 Å². The van der Waals surface area contributed by atoms with E-state index >= 15 is 0 Å². The number of alkyl halides is 3. The molecule has 306 valence electrons. The summed E-state index contributed by atoms with van der Waals surface area (Å²) in [6.07, 6.45) is -2.76. The summed E-state index contributed by atoms with van der Waals surface area (Å²) >= 11 is 0. The van der Waals surface area contributed by atoms with Crippen LogP contribution in [-0.4, -0.2) is 106 Å². The standard InChI is InChI=1S/C38H48F3N5O9S/c1-21-10-6-8-12-24-19-37(24,34(49)44-56(52,53)26-14-15-26)43-31(47)28-18-25(55-32-27-13-9-7-11-23(27)17-29(42-32)54-5)20-45(28)33(48)30(22(2)16-21)46(35(50)51)36(3,4)38(39,40)41/h7-9,11-13,17,21-22,24-26,28,30H,6,10,14-16,18-20H2,1-5H3,(H,43,47)(H,44,49)(H,50,51)/t21-,22-,24-,25-,28+,30+,37-/m1/s1. The highest BCUT2D eigenvalue weighted by atomic mass is 32.2. The topological polar surface area (TPSA) is 185 Å². The maximum Gasteiger partial charge on any atom is 0.411 e. The zero-order valence-electron chi connectivity index (χ0n) is 31.8. The summed E-state index contributed by atoms with van der Waals surface area (Å²) in [4.78, 5) is 61.7. The van der Waals surface area contributed by atoms with Crippen molar-refractivity contribution in [1.29, 1.82) is 0 Å². The molecule has 56 heavy (non-hydrogen) atoms. The van der Waals surface area contributed by atoms with Gasteiger partial charge in [0.15, 0.2) is 0 Å². The summed E-state index contributed by atoms with van der Waals surface area (Å²) in [5.74, 6) is -4.29. The Kier molecular flexibility index (Phi) is 11.0. The van der Waals surface area contributed by atoms with E-state index in [2.05, 4.69) is 15.0 Å². The number of allylic oxidation sites excluding steroid dienone is 1. The van der Waals surface area contributed by atoms with Crippen molar-refractivity contribution in [3.8, 4) is 11.8 Å². The van der Waals surface area contributed by atoms with Gasteiger partial charge in [-0.3, -0.25) is 24.0 Å². The maximum absolute atomic E-state index is 14.9. The lowest BCUT2D eigenvalue weighted by Crippen LogP contribution is -2.66. The first-order valence-electron chi connectivity index (χ1n) is 18.7. The number of carbonyl (C=O) groups excluding carboxylic acids is 3. The lowest BCUT2D eigenvalue weighted by Gasteiger charge is -2.45. The second-order valence-electron chi connectivity index (χ2n) is 16.1. The Hall–Kier alpha value is -4.61. The number of nitrogens with zero attached hydrogens (tertiary/aromatic N) is 3. The number of fused-ring (bicyclic) bond motifs is 3. The lowest BCUT2D eigenvalue weighted by atomic mass is 9.85. The number of nitrogens with one attached hydrogen (secondary N) is 2. The van der Waals surface area contributed by atoms with E-state index < -0.39 is 86.4 Å². The molecule has 4 amide bonds. The molecule has 14 nitrogen and oxygen atoms in total. The molecule has 18 heteroatoms. The minimum atomic E-state index is -5.09. The highest BCUT2D eigenvalue weighted by Gasteiger charge is 2.63.